The molecule has 4 N–H and O–H groups in total. The molecule has 142 valence electrons. The summed E-state index contributed by atoms with van der Waals surface area (Å²) in [5.41, 5.74) is 10.8. The third-order valence-electron chi connectivity index (χ3n) is 4.06. The quantitative estimate of drug-likeness (QED) is 0.609. The molecule has 9 heteroatoms. The number of carbonyl (C=O) groups excluding carboxylic acids is 2. The van der Waals surface area contributed by atoms with E-state index < -0.39 is 17.9 Å². The Labute approximate surface area is 151 Å². The predicted molar refractivity (Wildman–Crippen MR) is 96.0 cm³/mol. The molecule has 2 amide bonds. The number of halogens is 1. The highest BCUT2D eigenvalue weighted by molar-refractivity contribution is 5.87. The lowest BCUT2D eigenvalue weighted by Gasteiger charge is -2.37. The minimum atomic E-state index is -0.976. The summed E-state index contributed by atoms with van der Waals surface area (Å²) >= 11 is 0. The lowest BCUT2D eigenvalue weighted by Crippen LogP contribution is -2.50. The first-order valence-electron chi connectivity index (χ1n) is 8.37. The van der Waals surface area contributed by atoms with Crippen LogP contribution < -0.4 is 16.4 Å². The van der Waals surface area contributed by atoms with Gasteiger partial charge in [-0.2, -0.15) is 0 Å². The Morgan fingerprint density at radius 3 is 2.46 bits per heavy atom. The summed E-state index contributed by atoms with van der Waals surface area (Å²) in [4.78, 5) is 30.3. The van der Waals surface area contributed by atoms with Crippen LogP contribution in [0.4, 0.5) is 14.9 Å². The molecular weight excluding hydrogens is 341 g/mol. The van der Waals surface area contributed by atoms with Gasteiger partial charge in [0.05, 0.1) is 5.69 Å². The van der Waals surface area contributed by atoms with Crippen molar-refractivity contribution >= 4 is 23.6 Å². The highest BCUT2D eigenvalue weighted by Gasteiger charge is 2.24. The number of amides is 2. The molecule has 0 bridgehead atoms. The van der Waals surface area contributed by atoms with E-state index in [4.69, 9.17) is 16.2 Å². The molecule has 0 spiro atoms. The lowest BCUT2D eigenvalue weighted by molar-refractivity contribution is -0.134. The SMILES string of the molecule is CC(C)C(=O)N1CCN(c2cccc(COC(=O)N=C(N)N)c2F)CC1. The monoisotopic (exact) mass is 365 g/mol. The van der Waals surface area contributed by atoms with E-state index in [-0.39, 0.29) is 24.0 Å². The normalized spacial score (nSPS) is 14.3. The van der Waals surface area contributed by atoms with E-state index in [2.05, 4.69) is 4.99 Å². The van der Waals surface area contributed by atoms with Crippen molar-refractivity contribution in [1.82, 2.24) is 4.90 Å². The second kappa shape index (κ2) is 8.50. The molecule has 0 radical (unpaired) electrons. The third kappa shape index (κ3) is 4.84. The molecule has 1 saturated heterocycles. The van der Waals surface area contributed by atoms with Gasteiger partial charge in [-0.05, 0) is 6.07 Å². The van der Waals surface area contributed by atoms with E-state index >= 15 is 0 Å². The van der Waals surface area contributed by atoms with Gasteiger partial charge in [0, 0.05) is 37.7 Å². The summed E-state index contributed by atoms with van der Waals surface area (Å²) < 4.78 is 19.6. The fraction of sp³-hybridized carbons (Fsp3) is 0.471. The first kappa shape index (κ1) is 19.5. The second-order valence-electron chi connectivity index (χ2n) is 6.31. The van der Waals surface area contributed by atoms with Crippen LogP contribution in [0.5, 0.6) is 0 Å². The minimum Gasteiger partial charge on any atom is -0.443 e. The molecule has 1 fully saturated rings. The predicted octanol–water partition coefficient (Wildman–Crippen LogP) is 1.04. The molecule has 0 atom stereocenters. The Balaban J connectivity index is 2.02. The van der Waals surface area contributed by atoms with E-state index in [1.165, 1.54) is 6.07 Å². The summed E-state index contributed by atoms with van der Waals surface area (Å²) in [7, 11) is 0. The maximum atomic E-state index is 14.8. The van der Waals surface area contributed by atoms with Gasteiger partial charge in [-0.1, -0.05) is 26.0 Å². The standard InChI is InChI=1S/C17H24FN5O3/c1-11(2)15(24)23-8-6-22(7-9-23)13-5-3-4-12(14(13)18)10-26-17(25)21-16(19)20/h3-5,11H,6-10H2,1-2H3,(H4,19,20,21,25). The number of guanidine groups is 1. The fourth-order valence-electron chi connectivity index (χ4n) is 2.73. The maximum Gasteiger partial charge on any atom is 0.437 e. The van der Waals surface area contributed by atoms with Crippen molar-refractivity contribution in [3.05, 3.63) is 29.6 Å². The summed E-state index contributed by atoms with van der Waals surface area (Å²) in [5.74, 6) is -0.835. The van der Waals surface area contributed by atoms with Gasteiger partial charge in [0.15, 0.2) is 11.8 Å². The number of nitrogens with two attached hydrogens (primary N) is 2. The van der Waals surface area contributed by atoms with Gasteiger partial charge >= 0.3 is 6.09 Å². The number of nitrogens with zero attached hydrogens (tertiary/aromatic N) is 3. The Bertz CT molecular complexity index is 696. The van der Waals surface area contributed by atoms with Gasteiger partial charge in [0.1, 0.15) is 6.61 Å². The zero-order valence-corrected chi connectivity index (χ0v) is 14.9. The van der Waals surface area contributed by atoms with Crippen molar-refractivity contribution in [3.63, 3.8) is 0 Å². The lowest BCUT2D eigenvalue weighted by atomic mass is 10.1. The summed E-state index contributed by atoms with van der Waals surface area (Å²) in [6, 6.07) is 4.88. The Morgan fingerprint density at radius 2 is 1.88 bits per heavy atom. The molecule has 0 aromatic heterocycles. The minimum absolute atomic E-state index is 0.0542. The van der Waals surface area contributed by atoms with Crippen molar-refractivity contribution in [2.24, 2.45) is 22.4 Å². The number of ether oxygens (including phenoxy) is 1. The van der Waals surface area contributed by atoms with Crippen molar-refractivity contribution < 1.29 is 18.7 Å². The number of carbonyl (C=O) groups is 2. The number of hydrogen-bond donors (Lipinski definition) is 2. The third-order valence-corrected chi connectivity index (χ3v) is 4.06. The molecule has 0 aliphatic carbocycles. The molecule has 1 aromatic carbocycles. The summed E-state index contributed by atoms with van der Waals surface area (Å²) in [6.45, 7) is 5.60. The number of piperazine rings is 1. The summed E-state index contributed by atoms with van der Waals surface area (Å²) in [6.07, 6.45) is -0.976. The largest absolute Gasteiger partial charge is 0.443 e. The molecule has 26 heavy (non-hydrogen) atoms. The fourth-order valence-corrected chi connectivity index (χ4v) is 2.73. The second-order valence-corrected chi connectivity index (χ2v) is 6.31. The van der Waals surface area contributed by atoms with Crippen molar-refractivity contribution in [3.8, 4) is 0 Å². The van der Waals surface area contributed by atoms with Gasteiger partial charge in [-0.25, -0.2) is 9.18 Å². The van der Waals surface area contributed by atoms with Crippen LogP contribution in [0.25, 0.3) is 0 Å². The maximum absolute atomic E-state index is 14.8. The molecule has 2 rings (SSSR count). The smallest absolute Gasteiger partial charge is 0.437 e. The number of aliphatic imine (C=N–C) groups is 1. The Hall–Kier alpha value is -2.84. The first-order chi connectivity index (χ1) is 12.3. The van der Waals surface area contributed by atoms with E-state index in [1.807, 2.05) is 18.7 Å². The van der Waals surface area contributed by atoms with Crippen LogP contribution in [-0.2, 0) is 16.1 Å². The Morgan fingerprint density at radius 1 is 1.23 bits per heavy atom. The molecule has 1 aliphatic heterocycles. The summed E-state index contributed by atoms with van der Waals surface area (Å²) in [5, 5.41) is 0. The highest BCUT2D eigenvalue weighted by Crippen LogP contribution is 2.24. The highest BCUT2D eigenvalue weighted by atomic mass is 19.1. The number of hydrogen-bond acceptors (Lipinski definition) is 4. The van der Waals surface area contributed by atoms with Crippen LogP contribution in [0.15, 0.2) is 23.2 Å². The van der Waals surface area contributed by atoms with Crippen LogP contribution in [0.1, 0.15) is 19.4 Å². The molecule has 0 unspecified atom stereocenters. The van der Waals surface area contributed by atoms with Crippen LogP contribution in [-0.4, -0.2) is 49.0 Å². The molecule has 0 saturated carbocycles. The number of benzene rings is 1. The van der Waals surface area contributed by atoms with Gasteiger partial charge in [0.25, 0.3) is 0 Å². The first-order valence-corrected chi connectivity index (χ1v) is 8.37. The van der Waals surface area contributed by atoms with E-state index in [9.17, 15) is 14.0 Å². The van der Waals surface area contributed by atoms with Crippen LogP contribution in [0.3, 0.4) is 0 Å². The molecule has 1 heterocycles. The van der Waals surface area contributed by atoms with E-state index in [1.54, 1.807) is 17.0 Å². The van der Waals surface area contributed by atoms with Gasteiger partial charge in [0.2, 0.25) is 5.91 Å². The molecule has 1 aromatic rings. The van der Waals surface area contributed by atoms with E-state index in [0.29, 0.717) is 31.9 Å². The average molecular weight is 365 g/mol. The van der Waals surface area contributed by atoms with Gasteiger partial charge < -0.3 is 26.0 Å². The molecule has 1 aliphatic rings. The van der Waals surface area contributed by atoms with Gasteiger partial charge in [-0.15, -0.1) is 4.99 Å². The number of rotatable bonds is 4. The van der Waals surface area contributed by atoms with E-state index in [0.717, 1.165) is 0 Å². The van der Waals surface area contributed by atoms with Crippen LogP contribution in [0.2, 0.25) is 0 Å². The van der Waals surface area contributed by atoms with Crippen LogP contribution >= 0.6 is 0 Å². The van der Waals surface area contributed by atoms with Crippen molar-refractivity contribution in [2.75, 3.05) is 31.1 Å². The van der Waals surface area contributed by atoms with Crippen molar-refractivity contribution in [1.29, 1.82) is 0 Å². The topological polar surface area (TPSA) is 114 Å². The Kier molecular flexibility index (Phi) is 6.37. The van der Waals surface area contributed by atoms with Crippen LogP contribution in [0, 0.1) is 11.7 Å². The molecule has 8 nitrogen and oxygen atoms in total. The zero-order valence-electron chi connectivity index (χ0n) is 14.9. The molecular formula is C17H24FN5O3. The van der Waals surface area contributed by atoms with Crippen molar-refractivity contribution in [2.45, 2.75) is 20.5 Å². The van der Waals surface area contributed by atoms with Gasteiger partial charge in [-0.3, -0.25) is 4.79 Å². The number of anilines is 1. The average Bonchev–Trinajstić information content (AvgIpc) is 2.59. The zero-order chi connectivity index (χ0) is 19.3.